The number of ether oxygens (including phenoxy) is 1. The molecule has 0 aliphatic heterocycles. The van der Waals surface area contributed by atoms with Crippen LogP contribution in [0.3, 0.4) is 0 Å². The molecule has 1 heterocycles. The minimum atomic E-state index is -0.733. The Bertz CT molecular complexity index is 614. The second-order valence-electron chi connectivity index (χ2n) is 4.67. The van der Waals surface area contributed by atoms with E-state index in [4.69, 9.17) is 4.74 Å². The summed E-state index contributed by atoms with van der Waals surface area (Å²) in [5.41, 5.74) is 0.356. The van der Waals surface area contributed by atoms with E-state index in [2.05, 4.69) is 4.98 Å². The second-order valence-corrected chi connectivity index (χ2v) is 4.67. The fourth-order valence-electron chi connectivity index (χ4n) is 1.91. The molecule has 0 saturated heterocycles. The zero-order valence-electron chi connectivity index (χ0n) is 11.2. The Balaban J connectivity index is 2.27. The number of pyridine rings is 1. The molecule has 2 aromatic rings. The van der Waals surface area contributed by atoms with Crippen LogP contribution in [0.25, 0.3) is 0 Å². The van der Waals surface area contributed by atoms with Crippen molar-refractivity contribution in [1.29, 1.82) is 0 Å². The van der Waals surface area contributed by atoms with Crippen LogP contribution < -0.4 is 4.74 Å². The Labute approximate surface area is 115 Å². The van der Waals surface area contributed by atoms with Gasteiger partial charge >= 0.3 is 0 Å². The molecule has 0 saturated carbocycles. The maximum atomic E-state index is 13.8. The molecule has 0 radical (unpaired) electrons. The third-order valence-electron chi connectivity index (χ3n) is 2.83. The SMILES string of the molecule is CC(C)c1c(F)cc(F)cc1OCc1ncccc1F. The van der Waals surface area contributed by atoms with Crippen molar-refractivity contribution in [3.05, 3.63) is 59.2 Å². The first kappa shape index (κ1) is 14.4. The highest BCUT2D eigenvalue weighted by molar-refractivity contribution is 5.37. The summed E-state index contributed by atoms with van der Waals surface area (Å²) >= 11 is 0. The molecule has 0 amide bonds. The van der Waals surface area contributed by atoms with Gasteiger partial charge in [-0.15, -0.1) is 0 Å². The summed E-state index contributed by atoms with van der Waals surface area (Å²) in [5.74, 6) is -2.03. The summed E-state index contributed by atoms with van der Waals surface area (Å²) in [6.45, 7) is 3.35. The molecular weight excluding hydrogens is 267 g/mol. The van der Waals surface area contributed by atoms with Crippen LogP contribution in [-0.4, -0.2) is 4.98 Å². The van der Waals surface area contributed by atoms with Crippen LogP contribution in [0.1, 0.15) is 31.0 Å². The number of halogens is 3. The van der Waals surface area contributed by atoms with Crippen LogP contribution in [-0.2, 0) is 6.61 Å². The highest BCUT2D eigenvalue weighted by atomic mass is 19.1. The third kappa shape index (κ3) is 3.10. The van der Waals surface area contributed by atoms with Gasteiger partial charge in [0.15, 0.2) is 0 Å². The van der Waals surface area contributed by atoms with Crippen molar-refractivity contribution >= 4 is 0 Å². The molecule has 0 bridgehead atoms. The summed E-state index contributed by atoms with van der Waals surface area (Å²) in [5, 5.41) is 0. The van der Waals surface area contributed by atoms with E-state index in [1.54, 1.807) is 13.8 Å². The molecule has 0 aliphatic rings. The van der Waals surface area contributed by atoms with E-state index in [1.807, 2.05) is 0 Å². The highest BCUT2D eigenvalue weighted by Crippen LogP contribution is 2.30. The van der Waals surface area contributed by atoms with Crippen LogP contribution in [0.15, 0.2) is 30.5 Å². The number of benzene rings is 1. The predicted octanol–water partition coefficient (Wildman–Crippen LogP) is 4.20. The zero-order valence-corrected chi connectivity index (χ0v) is 11.2. The average molecular weight is 281 g/mol. The molecule has 5 heteroatoms. The summed E-state index contributed by atoms with van der Waals surface area (Å²) in [4.78, 5) is 3.83. The lowest BCUT2D eigenvalue weighted by Crippen LogP contribution is -2.05. The third-order valence-corrected chi connectivity index (χ3v) is 2.83. The lowest BCUT2D eigenvalue weighted by molar-refractivity contribution is 0.286. The van der Waals surface area contributed by atoms with Crippen molar-refractivity contribution in [2.75, 3.05) is 0 Å². The van der Waals surface area contributed by atoms with Gasteiger partial charge in [0.25, 0.3) is 0 Å². The van der Waals surface area contributed by atoms with Crippen molar-refractivity contribution in [2.45, 2.75) is 26.4 Å². The van der Waals surface area contributed by atoms with Gasteiger partial charge in [-0.2, -0.15) is 0 Å². The van der Waals surface area contributed by atoms with E-state index in [1.165, 1.54) is 18.3 Å². The molecule has 1 aromatic heterocycles. The van der Waals surface area contributed by atoms with Gasteiger partial charge < -0.3 is 4.74 Å². The van der Waals surface area contributed by atoms with Crippen LogP contribution in [0, 0.1) is 17.5 Å². The van der Waals surface area contributed by atoms with Crippen LogP contribution >= 0.6 is 0 Å². The minimum absolute atomic E-state index is 0.0718. The van der Waals surface area contributed by atoms with Gasteiger partial charge in [0.1, 0.15) is 35.5 Å². The Morgan fingerprint density at radius 1 is 1.15 bits per heavy atom. The molecule has 0 fully saturated rings. The first-order valence-corrected chi connectivity index (χ1v) is 6.20. The highest BCUT2D eigenvalue weighted by Gasteiger charge is 2.16. The average Bonchev–Trinajstić information content (AvgIpc) is 2.36. The summed E-state index contributed by atoms with van der Waals surface area (Å²) in [6, 6.07) is 4.62. The zero-order chi connectivity index (χ0) is 14.7. The van der Waals surface area contributed by atoms with Crippen molar-refractivity contribution < 1.29 is 17.9 Å². The van der Waals surface area contributed by atoms with E-state index < -0.39 is 17.5 Å². The van der Waals surface area contributed by atoms with Crippen LogP contribution in [0.4, 0.5) is 13.2 Å². The maximum Gasteiger partial charge on any atom is 0.148 e. The molecule has 1 aromatic carbocycles. The lowest BCUT2D eigenvalue weighted by atomic mass is 10.0. The molecule has 0 N–H and O–H groups in total. The Kier molecular flexibility index (Phi) is 4.27. The van der Waals surface area contributed by atoms with E-state index in [0.717, 1.165) is 12.1 Å². The largest absolute Gasteiger partial charge is 0.487 e. The monoisotopic (exact) mass is 281 g/mol. The standard InChI is InChI=1S/C15H14F3NO/c1-9(2)15-12(18)6-10(16)7-14(15)20-8-13-11(17)4-3-5-19-13/h3-7,9H,8H2,1-2H3. The predicted molar refractivity (Wildman–Crippen MR) is 69.0 cm³/mol. The van der Waals surface area contributed by atoms with Crippen LogP contribution in [0.5, 0.6) is 5.75 Å². The van der Waals surface area contributed by atoms with Gasteiger partial charge in [0, 0.05) is 23.9 Å². The molecular formula is C15H14F3NO. The number of rotatable bonds is 4. The topological polar surface area (TPSA) is 22.1 Å². The van der Waals surface area contributed by atoms with E-state index in [0.29, 0.717) is 0 Å². The normalized spacial score (nSPS) is 10.9. The fourth-order valence-corrected chi connectivity index (χ4v) is 1.91. The number of aromatic nitrogens is 1. The van der Waals surface area contributed by atoms with Gasteiger partial charge in [-0.05, 0) is 18.1 Å². The Morgan fingerprint density at radius 3 is 2.55 bits per heavy atom. The molecule has 0 unspecified atom stereocenters. The summed E-state index contributed by atoms with van der Waals surface area (Å²) in [6.07, 6.45) is 1.43. The second kappa shape index (κ2) is 5.94. The molecule has 0 aliphatic carbocycles. The van der Waals surface area contributed by atoms with E-state index >= 15 is 0 Å². The fraction of sp³-hybridized carbons (Fsp3) is 0.267. The minimum Gasteiger partial charge on any atom is -0.487 e. The van der Waals surface area contributed by atoms with Crippen molar-refractivity contribution in [2.24, 2.45) is 0 Å². The Hall–Kier alpha value is -2.04. The number of nitrogens with zero attached hydrogens (tertiary/aromatic N) is 1. The summed E-state index contributed by atoms with van der Waals surface area (Å²) in [7, 11) is 0. The molecule has 0 spiro atoms. The van der Waals surface area contributed by atoms with Crippen LogP contribution in [0.2, 0.25) is 0 Å². The van der Waals surface area contributed by atoms with Crippen molar-refractivity contribution in [3.63, 3.8) is 0 Å². The van der Waals surface area contributed by atoms with Gasteiger partial charge in [-0.1, -0.05) is 13.8 Å². The molecule has 0 atom stereocenters. The number of hydrogen-bond acceptors (Lipinski definition) is 2. The van der Waals surface area contributed by atoms with Gasteiger partial charge in [0.05, 0.1) is 0 Å². The first-order valence-electron chi connectivity index (χ1n) is 6.20. The van der Waals surface area contributed by atoms with Crippen molar-refractivity contribution in [3.8, 4) is 5.75 Å². The number of hydrogen-bond donors (Lipinski definition) is 0. The molecule has 106 valence electrons. The van der Waals surface area contributed by atoms with Gasteiger partial charge in [0.2, 0.25) is 0 Å². The quantitative estimate of drug-likeness (QED) is 0.838. The van der Waals surface area contributed by atoms with Gasteiger partial charge in [-0.3, -0.25) is 4.98 Å². The first-order chi connectivity index (χ1) is 9.49. The van der Waals surface area contributed by atoms with Gasteiger partial charge in [-0.25, -0.2) is 13.2 Å². The Morgan fingerprint density at radius 2 is 1.90 bits per heavy atom. The summed E-state index contributed by atoms with van der Waals surface area (Å²) < 4.78 is 45.8. The van der Waals surface area contributed by atoms with Crippen molar-refractivity contribution in [1.82, 2.24) is 4.98 Å². The smallest absolute Gasteiger partial charge is 0.148 e. The lowest BCUT2D eigenvalue weighted by Gasteiger charge is -2.15. The molecule has 2 nitrogen and oxygen atoms in total. The van der Waals surface area contributed by atoms with E-state index in [-0.39, 0.29) is 29.5 Å². The molecule has 20 heavy (non-hydrogen) atoms. The maximum absolute atomic E-state index is 13.8. The van der Waals surface area contributed by atoms with E-state index in [9.17, 15) is 13.2 Å². The molecule has 2 rings (SSSR count).